The van der Waals surface area contributed by atoms with E-state index >= 15 is 0 Å². The first kappa shape index (κ1) is 15.8. The first-order chi connectivity index (χ1) is 9.69. The van der Waals surface area contributed by atoms with Crippen molar-refractivity contribution in [3.63, 3.8) is 0 Å². The SMILES string of the molecule is CC1CCN(CCNC(=O)C2CCC(CN)CC2)CC1. The molecule has 1 saturated carbocycles. The zero-order valence-corrected chi connectivity index (χ0v) is 12.9. The van der Waals surface area contributed by atoms with E-state index in [-0.39, 0.29) is 11.8 Å². The monoisotopic (exact) mass is 281 g/mol. The zero-order valence-electron chi connectivity index (χ0n) is 12.9. The molecule has 0 aromatic rings. The Kier molecular flexibility index (Phi) is 6.30. The van der Waals surface area contributed by atoms with E-state index < -0.39 is 0 Å². The number of carbonyl (C=O) groups is 1. The van der Waals surface area contributed by atoms with E-state index in [1.54, 1.807) is 0 Å². The van der Waals surface area contributed by atoms with Crippen molar-refractivity contribution in [3.05, 3.63) is 0 Å². The fraction of sp³-hybridized carbons (Fsp3) is 0.938. The summed E-state index contributed by atoms with van der Waals surface area (Å²) in [5.41, 5.74) is 5.69. The second-order valence-electron chi connectivity index (χ2n) is 6.77. The van der Waals surface area contributed by atoms with Crippen LogP contribution >= 0.6 is 0 Å². The summed E-state index contributed by atoms with van der Waals surface area (Å²) in [6.07, 6.45) is 6.90. The third kappa shape index (κ3) is 4.74. The van der Waals surface area contributed by atoms with Crippen LogP contribution in [0.4, 0.5) is 0 Å². The van der Waals surface area contributed by atoms with E-state index in [1.807, 2.05) is 0 Å². The van der Waals surface area contributed by atoms with E-state index in [2.05, 4.69) is 17.1 Å². The van der Waals surface area contributed by atoms with Crippen LogP contribution in [0.1, 0.15) is 45.4 Å². The van der Waals surface area contributed by atoms with Gasteiger partial charge in [0.1, 0.15) is 0 Å². The minimum atomic E-state index is 0.235. The third-order valence-electron chi connectivity index (χ3n) is 5.15. The normalized spacial score (nSPS) is 29.3. The molecule has 0 aromatic heterocycles. The summed E-state index contributed by atoms with van der Waals surface area (Å²) in [6, 6.07) is 0. The van der Waals surface area contributed by atoms with Gasteiger partial charge in [0.2, 0.25) is 5.91 Å². The highest BCUT2D eigenvalue weighted by Crippen LogP contribution is 2.28. The van der Waals surface area contributed by atoms with Crippen molar-refractivity contribution in [3.8, 4) is 0 Å². The summed E-state index contributed by atoms with van der Waals surface area (Å²) < 4.78 is 0. The maximum atomic E-state index is 12.1. The van der Waals surface area contributed by atoms with Crippen molar-refractivity contribution in [2.75, 3.05) is 32.7 Å². The number of likely N-dealkylation sites (tertiary alicyclic amines) is 1. The molecule has 0 atom stereocenters. The summed E-state index contributed by atoms with van der Waals surface area (Å²) in [5.74, 6) is 2.03. The highest BCUT2D eigenvalue weighted by atomic mass is 16.1. The van der Waals surface area contributed by atoms with Gasteiger partial charge in [0.05, 0.1) is 0 Å². The smallest absolute Gasteiger partial charge is 0.223 e. The number of carbonyl (C=O) groups excluding carboxylic acids is 1. The van der Waals surface area contributed by atoms with Crippen LogP contribution < -0.4 is 11.1 Å². The Morgan fingerprint density at radius 2 is 1.80 bits per heavy atom. The molecule has 2 fully saturated rings. The van der Waals surface area contributed by atoms with Crippen molar-refractivity contribution >= 4 is 5.91 Å². The second kappa shape index (κ2) is 7.99. The first-order valence-corrected chi connectivity index (χ1v) is 8.39. The maximum Gasteiger partial charge on any atom is 0.223 e. The Morgan fingerprint density at radius 3 is 2.40 bits per heavy atom. The van der Waals surface area contributed by atoms with Crippen molar-refractivity contribution < 1.29 is 4.79 Å². The molecule has 0 spiro atoms. The Bertz CT molecular complexity index is 292. The van der Waals surface area contributed by atoms with E-state index in [0.29, 0.717) is 5.92 Å². The molecule has 2 rings (SSSR count). The molecular weight excluding hydrogens is 250 g/mol. The molecular formula is C16H31N3O. The molecule has 1 aliphatic heterocycles. The number of nitrogens with one attached hydrogen (secondary N) is 1. The lowest BCUT2D eigenvalue weighted by atomic mass is 9.81. The van der Waals surface area contributed by atoms with Crippen molar-refractivity contribution in [2.24, 2.45) is 23.5 Å². The number of hydrogen-bond acceptors (Lipinski definition) is 3. The molecule has 2 aliphatic rings. The molecule has 20 heavy (non-hydrogen) atoms. The number of piperidine rings is 1. The van der Waals surface area contributed by atoms with Gasteiger partial charge < -0.3 is 16.0 Å². The van der Waals surface area contributed by atoms with Gasteiger partial charge in [-0.15, -0.1) is 0 Å². The largest absolute Gasteiger partial charge is 0.355 e. The Hall–Kier alpha value is -0.610. The number of amides is 1. The van der Waals surface area contributed by atoms with Gasteiger partial charge in [-0.25, -0.2) is 0 Å². The highest BCUT2D eigenvalue weighted by Gasteiger charge is 2.25. The van der Waals surface area contributed by atoms with Gasteiger partial charge in [-0.1, -0.05) is 6.92 Å². The highest BCUT2D eigenvalue weighted by molar-refractivity contribution is 5.78. The molecule has 4 heteroatoms. The number of nitrogens with zero attached hydrogens (tertiary/aromatic N) is 1. The Labute approximate surface area is 123 Å². The van der Waals surface area contributed by atoms with E-state index in [0.717, 1.165) is 51.2 Å². The van der Waals surface area contributed by atoms with Gasteiger partial charge >= 0.3 is 0 Å². The van der Waals surface area contributed by atoms with Crippen LogP contribution in [0.5, 0.6) is 0 Å². The number of nitrogens with two attached hydrogens (primary N) is 1. The van der Waals surface area contributed by atoms with Gasteiger partial charge in [-0.05, 0) is 70.0 Å². The molecule has 1 amide bonds. The van der Waals surface area contributed by atoms with Crippen molar-refractivity contribution in [2.45, 2.75) is 45.4 Å². The molecule has 0 radical (unpaired) electrons. The lowest BCUT2D eigenvalue weighted by Crippen LogP contribution is -2.41. The molecule has 4 nitrogen and oxygen atoms in total. The van der Waals surface area contributed by atoms with E-state index in [4.69, 9.17) is 5.73 Å². The van der Waals surface area contributed by atoms with Gasteiger partial charge in [0.15, 0.2) is 0 Å². The van der Waals surface area contributed by atoms with E-state index in [9.17, 15) is 4.79 Å². The molecule has 0 bridgehead atoms. The minimum absolute atomic E-state index is 0.235. The summed E-state index contributed by atoms with van der Waals surface area (Å²) >= 11 is 0. The lowest BCUT2D eigenvalue weighted by molar-refractivity contribution is -0.126. The topological polar surface area (TPSA) is 58.4 Å². The minimum Gasteiger partial charge on any atom is -0.355 e. The van der Waals surface area contributed by atoms with Crippen LogP contribution in [-0.4, -0.2) is 43.5 Å². The summed E-state index contributed by atoms with van der Waals surface area (Å²) in [5, 5.41) is 3.13. The lowest BCUT2D eigenvalue weighted by Gasteiger charge is -2.30. The molecule has 0 aromatic carbocycles. The zero-order chi connectivity index (χ0) is 14.4. The molecule has 1 saturated heterocycles. The maximum absolute atomic E-state index is 12.1. The van der Waals surface area contributed by atoms with Crippen LogP contribution in [0.3, 0.4) is 0 Å². The standard InChI is InChI=1S/C16H31N3O/c1-13-6-9-19(10-7-13)11-8-18-16(20)15-4-2-14(12-17)3-5-15/h13-15H,2-12,17H2,1H3,(H,18,20). The quantitative estimate of drug-likeness (QED) is 0.805. The molecule has 1 heterocycles. The van der Waals surface area contributed by atoms with Crippen molar-refractivity contribution in [1.29, 1.82) is 0 Å². The Morgan fingerprint density at radius 1 is 1.15 bits per heavy atom. The van der Waals surface area contributed by atoms with Gasteiger partial charge in [0, 0.05) is 19.0 Å². The predicted octanol–water partition coefficient (Wildman–Crippen LogP) is 1.60. The second-order valence-corrected chi connectivity index (χ2v) is 6.77. The van der Waals surface area contributed by atoms with Crippen LogP contribution in [0.25, 0.3) is 0 Å². The van der Waals surface area contributed by atoms with Crippen LogP contribution in [-0.2, 0) is 4.79 Å². The van der Waals surface area contributed by atoms with Gasteiger partial charge in [-0.3, -0.25) is 4.79 Å². The van der Waals surface area contributed by atoms with E-state index in [1.165, 1.54) is 25.9 Å². The van der Waals surface area contributed by atoms with Crippen molar-refractivity contribution in [1.82, 2.24) is 10.2 Å². The Balaban J connectivity index is 1.58. The van der Waals surface area contributed by atoms with Crippen LogP contribution in [0, 0.1) is 17.8 Å². The third-order valence-corrected chi connectivity index (χ3v) is 5.15. The summed E-state index contributed by atoms with van der Waals surface area (Å²) in [4.78, 5) is 14.6. The fourth-order valence-corrected chi connectivity index (χ4v) is 3.43. The average Bonchev–Trinajstić information content (AvgIpc) is 2.49. The van der Waals surface area contributed by atoms with Gasteiger partial charge in [-0.2, -0.15) is 0 Å². The van der Waals surface area contributed by atoms with Gasteiger partial charge in [0.25, 0.3) is 0 Å². The van der Waals surface area contributed by atoms with Crippen LogP contribution in [0.2, 0.25) is 0 Å². The number of rotatable bonds is 5. The summed E-state index contributed by atoms with van der Waals surface area (Å²) in [6.45, 7) is 7.32. The summed E-state index contributed by atoms with van der Waals surface area (Å²) in [7, 11) is 0. The molecule has 0 unspecified atom stereocenters. The predicted molar refractivity (Wildman–Crippen MR) is 82.4 cm³/mol. The molecule has 116 valence electrons. The first-order valence-electron chi connectivity index (χ1n) is 8.39. The fourth-order valence-electron chi connectivity index (χ4n) is 3.43. The molecule has 1 aliphatic carbocycles. The van der Waals surface area contributed by atoms with Crippen LogP contribution in [0.15, 0.2) is 0 Å². The average molecular weight is 281 g/mol. The molecule has 3 N–H and O–H groups in total. The number of hydrogen-bond donors (Lipinski definition) is 2.